The lowest BCUT2D eigenvalue weighted by molar-refractivity contribution is 0.543. The van der Waals surface area contributed by atoms with Crippen molar-refractivity contribution in [3.63, 3.8) is 0 Å². The monoisotopic (exact) mass is 289 g/mol. The van der Waals surface area contributed by atoms with E-state index in [4.69, 9.17) is 23.2 Å². The first-order valence-electron chi connectivity index (χ1n) is 6.04. The Bertz CT molecular complexity index is 384. The van der Waals surface area contributed by atoms with Crippen molar-refractivity contribution in [1.82, 2.24) is 5.32 Å². The van der Waals surface area contributed by atoms with Gasteiger partial charge in [-0.25, -0.2) is 0 Å². The lowest BCUT2D eigenvalue weighted by Crippen LogP contribution is -2.26. The van der Waals surface area contributed by atoms with Crippen molar-refractivity contribution in [2.24, 2.45) is 0 Å². The molecule has 0 saturated heterocycles. The Kier molecular flexibility index (Phi) is 5.04. The summed E-state index contributed by atoms with van der Waals surface area (Å²) >= 11 is 13.9. The van der Waals surface area contributed by atoms with E-state index in [9.17, 15) is 0 Å². The van der Waals surface area contributed by atoms with E-state index < -0.39 is 0 Å². The zero-order valence-electron chi connectivity index (χ0n) is 9.88. The van der Waals surface area contributed by atoms with E-state index >= 15 is 0 Å². The zero-order chi connectivity index (χ0) is 12.3. The van der Waals surface area contributed by atoms with Gasteiger partial charge in [-0.15, -0.1) is 11.8 Å². The molecule has 2 atom stereocenters. The van der Waals surface area contributed by atoms with Crippen molar-refractivity contribution >= 4 is 35.0 Å². The molecular formula is C13H17Cl2NS. The summed E-state index contributed by atoms with van der Waals surface area (Å²) in [7, 11) is 0. The average Bonchev–Trinajstić information content (AvgIpc) is 2.72. The number of nitrogens with one attached hydrogen (secondary N) is 1. The van der Waals surface area contributed by atoms with Gasteiger partial charge >= 0.3 is 0 Å². The number of hydrogen-bond acceptors (Lipinski definition) is 2. The quantitative estimate of drug-likeness (QED) is 0.868. The molecule has 1 fully saturated rings. The maximum atomic E-state index is 6.02. The normalized spacial score (nSPS) is 24.2. The van der Waals surface area contributed by atoms with Gasteiger partial charge in [0.25, 0.3) is 0 Å². The van der Waals surface area contributed by atoms with Crippen molar-refractivity contribution in [1.29, 1.82) is 0 Å². The fraction of sp³-hybridized carbons (Fsp3) is 0.538. The molecule has 17 heavy (non-hydrogen) atoms. The topological polar surface area (TPSA) is 12.0 Å². The SMILES string of the molecule is CCNC1CCC(Sc2ccc(Cl)c(Cl)c2)C1. The first-order valence-corrected chi connectivity index (χ1v) is 7.67. The van der Waals surface area contributed by atoms with Crippen LogP contribution in [0, 0.1) is 0 Å². The summed E-state index contributed by atoms with van der Waals surface area (Å²) in [5, 5.41) is 5.51. The van der Waals surface area contributed by atoms with Gasteiger partial charge in [-0.3, -0.25) is 0 Å². The van der Waals surface area contributed by atoms with E-state index in [-0.39, 0.29) is 0 Å². The van der Waals surface area contributed by atoms with Crippen LogP contribution in [0.2, 0.25) is 10.0 Å². The maximum absolute atomic E-state index is 6.02. The lowest BCUT2D eigenvalue weighted by atomic mass is 10.2. The number of hydrogen-bond donors (Lipinski definition) is 1. The van der Waals surface area contributed by atoms with Gasteiger partial charge in [-0.2, -0.15) is 0 Å². The second-order valence-corrected chi connectivity index (χ2v) is 6.57. The maximum Gasteiger partial charge on any atom is 0.0603 e. The molecule has 0 bridgehead atoms. The molecule has 1 aliphatic rings. The molecule has 1 aromatic rings. The summed E-state index contributed by atoms with van der Waals surface area (Å²) < 4.78 is 0. The molecule has 2 rings (SSSR count). The fourth-order valence-corrected chi connectivity index (χ4v) is 3.93. The third-order valence-corrected chi connectivity index (χ3v) is 5.10. The van der Waals surface area contributed by atoms with E-state index in [0.29, 0.717) is 21.3 Å². The Morgan fingerprint density at radius 3 is 2.82 bits per heavy atom. The molecular weight excluding hydrogens is 273 g/mol. The van der Waals surface area contributed by atoms with E-state index in [2.05, 4.69) is 18.3 Å². The predicted molar refractivity (Wildman–Crippen MR) is 77.4 cm³/mol. The summed E-state index contributed by atoms with van der Waals surface area (Å²) in [5.41, 5.74) is 0. The predicted octanol–water partition coefficient (Wildman–Crippen LogP) is 4.62. The lowest BCUT2D eigenvalue weighted by Gasteiger charge is -2.12. The van der Waals surface area contributed by atoms with Crippen molar-refractivity contribution in [3.05, 3.63) is 28.2 Å². The molecule has 0 heterocycles. The average molecular weight is 290 g/mol. The van der Waals surface area contributed by atoms with Crippen LogP contribution in [0.5, 0.6) is 0 Å². The molecule has 1 aliphatic carbocycles. The van der Waals surface area contributed by atoms with Gasteiger partial charge in [0, 0.05) is 16.2 Å². The minimum Gasteiger partial charge on any atom is -0.314 e. The number of thioether (sulfide) groups is 1. The van der Waals surface area contributed by atoms with Crippen molar-refractivity contribution in [3.8, 4) is 0 Å². The van der Waals surface area contributed by atoms with Crippen molar-refractivity contribution in [2.75, 3.05) is 6.54 Å². The van der Waals surface area contributed by atoms with Gasteiger partial charge in [0.15, 0.2) is 0 Å². The molecule has 0 aliphatic heterocycles. The Balaban J connectivity index is 1.91. The van der Waals surface area contributed by atoms with Crippen LogP contribution in [-0.4, -0.2) is 17.8 Å². The van der Waals surface area contributed by atoms with Gasteiger partial charge in [-0.05, 0) is 44.0 Å². The number of rotatable bonds is 4. The first-order chi connectivity index (χ1) is 8.19. The van der Waals surface area contributed by atoms with Crippen LogP contribution in [0.25, 0.3) is 0 Å². The first kappa shape index (κ1) is 13.5. The van der Waals surface area contributed by atoms with Gasteiger partial charge < -0.3 is 5.32 Å². The third kappa shape index (κ3) is 3.78. The largest absolute Gasteiger partial charge is 0.314 e. The highest BCUT2D eigenvalue weighted by Crippen LogP contribution is 2.37. The number of halogens is 2. The van der Waals surface area contributed by atoms with Gasteiger partial charge in [0.1, 0.15) is 0 Å². The summed E-state index contributed by atoms with van der Waals surface area (Å²) in [5.74, 6) is 0. The van der Waals surface area contributed by atoms with Crippen LogP contribution in [0.3, 0.4) is 0 Å². The highest BCUT2D eigenvalue weighted by Gasteiger charge is 2.24. The molecule has 1 N–H and O–H groups in total. The van der Waals surface area contributed by atoms with E-state index in [1.807, 2.05) is 23.9 Å². The minimum atomic E-state index is 0.632. The summed E-state index contributed by atoms with van der Waals surface area (Å²) in [4.78, 5) is 1.22. The minimum absolute atomic E-state index is 0.632. The third-order valence-electron chi connectivity index (χ3n) is 3.07. The molecule has 2 unspecified atom stereocenters. The fourth-order valence-electron chi connectivity index (χ4n) is 2.26. The van der Waals surface area contributed by atoms with Gasteiger partial charge in [0.2, 0.25) is 0 Å². The summed E-state index contributed by atoms with van der Waals surface area (Å²) in [6, 6.07) is 6.60. The summed E-state index contributed by atoms with van der Waals surface area (Å²) in [6.07, 6.45) is 3.81. The van der Waals surface area contributed by atoms with Gasteiger partial charge in [0.05, 0.1) is 10.0 Å². The zero-order valence-corrected chi connectivity index (χ0v) is 12.2. The molecule has 1 aromatic carbocycles. The molecule has 4 heteroatoms. The molecule has 0 aromatic heterocycles. The molecule has 0 spiro atoms. The van der Waals surface area contributed by atoms with Crippen LogP contribution in [0.1, 0.15) is 26.2 Å². The molecule has 0 amide bonds. The highest BCUT2D eigenvalue weighted by molar-refractivity contribution is 8.00. The highest BCUT2D eigenvalue weighted by atomic mass is 35.5. The van der Waals surface area contributed by atoms with Crippen molar-refractivity contribution < 1.29 is 0 Å². The smallest absolute Gasteiger partial charge is 0.0603 e. The summed E-state index contributed by atoms with van der Waals surface area (Å²) in [6.45, 7) is 3.23. The standard InChI is InChI=1S/C13H17Cl2NS/c1-2-16-9-3-4-10(7-9)17-11-5-6-12(14)13(15)8-11/h5-6,8-10,16H,2-4,7H2,1H3. The van der Waals surface area contributed by atoms with Crippen LogP contribution in [0.15, 0.2) is 23.1 Å². The number of benzene rings is 1. The molecule has 94 valence electrons. The molecule has 1 nitrogen and oxygen atoms in total. The van der Waals surface area contributed by atoms with E-state index in [1.165, 1.54) is 24.2 Å². The second kappa shape index (κ2) is 6.33. The van der Waals surface area contributed by atoms with Crippen LogP contribution in [0.4, 0.5) is 0 Å². The van der Waals surface area contributed by atoms with Crippen LogP contribution >= 0.6 is 35.0 Å². The van der Waals surface area contributed by atoms with Crippen LogP contribution < -0.4 is 5.32 Å². The molecule has 1 saturated carbocycles. The van der Waals surface area contributed by atoms with E-state index in [1.54, 1.807) is 0 Å². The second-order valence-electron chi connectivity index (χ2n) is 4.38. The Morgan fingerprint density at radius 1 is 1.29 bits per heavy atom. The Morgan fingerprint density at radius 2 is 2.12 bits per heavy atom. The van der Waals surface area contributed by atoms with Crippen molar-refractivity contribution in [2.45, 2.75) is 42.4 Å². The van der Waals surface area contributed by atoms with Crippen LogP contribution in [-0.2, 0) is 0 Å². The Hall–Kier alpha value is 0.110. The van der Waals surface area contributed by atoms with E-state index in [0.717, 1.165) is 6.54 Å². The molecule has 0 radical (unpaired) electrons. The van der Waals surface area contributed by atoms with Gasteiger partial charge in [-0.1, -0.05) is 30.1 Å². The Labute approximate surface area is 117 Å².